The highest BCUT2D eigenvalue weighted by Gasteiger charge is 2.25. The Hall–Kier alpha value is -3.00. The summed E-state index contributed by atoms with van der Waals surface area (Å²) in [6.45, 7) is 10.0. The van der Waals surface area contributed by atoms with Gasteiger partial charge in [0.1, 0.15) is 5.56 Å². The lowest BCUT2D eigenvalue weighted by molar-refractivity contribution is 0.0748. The molecule has 3 aromatic heterocycles. The minimum atomic E-state index is -0.00479. The molecule has 1 aliphatic rings. The van der Waals surface area contributed by atoms with Gasteiger partial charge in [0.15, 0.2) is 5.65 Å². The van der Waals surface area contributed by atoms with Gasteiger partial charge in [0.25, 0.3) is 5.91 Å². The number of aromatic nitrogens is 4. The van der Waals surface area contributed by atoms with Crippen LogP contribution in [0.2, 0.25) is 0 Å². The van der Waals surface area contributed by atoms with Crippen molar-refractivity contribution < 1.29 is 4.79 Å². The number of piperazine rings is 1. The summed E-state index contributed by atoms with van der Waals surface area (Å²) in [7, 11) is 0. The van der Waals surface area contributed by atoms with Crippen LogP contribution >= 0.6 is 0 Å². The Kier molecular flexibility index (Phi) is 5.71. The van der Waals surface area contributed by atoms with E-state index in [9.17, 15) is 4.79 Å². The van der Waals surface area contributed by atoms with Crippen molar-refractivity contribution in [2.45, 2.75) is 20.4 Å². The quantitative estimate of drug-likeness (QED) is 0.637. The van der Waals surface area contributed by atoms with Gasteiger partial charge in [0.2, 0.25) is 0 Å². The van der Waals surface area contributed by atoms with Gasteiger partial charge in [0.05, 0.1) is 18.1 Å². The molecule has 0 spiro atoms. The van der Waals surface area contributed by atoms with Gasteiger partial charge >= 0.3 is 0 Å². The molecule has 8 heteroatoms. The number of nitrogens with zero attached hydrogens (tertiary/aromatic N) is 7. The fourth-order valence-electron chi connectivity index (χ4n) is 3.73. The van der Waals surface area contributed by atoms with Crippen LogP contribution in [0.25, 0.3) is 5.65 Å². The predicted octanol–water partition coefficient (Wildman–Crippen LogP) is 1.93. The average molecular weight is 393 g/mol. The van der Waals surface area contributed by atoms with Crippen LogP contribution in [0.1, 0.15) is 29.8 Å². The minimum Gasteiger partial charge on any atom is -0.367 e. The van der Waals surface area contributed by atoms with E-state index in [2.05, 4.69) is 44.8 Å². The van der Waals surface area contributed by atoms with Crippen LogP contribution in [-0.4, -0.2) is 74.6 Å². The van der Waals surface area contributed by atoms with Gasteiger partial charge in [-0.25, -0.2) is 9.50 Å². The lowest BCUT2D eigenvalue weighted by Gasteiger charge is -2.35. The number of fused-ring (bicyclic) bond motifs is 1. The number of pyridine rings is 1. The summed E-state index contributed by atoms with van der Waals surface area (Å²) < 4.78 is 1.72. The highest BCUT2D eigenvalue weighted by Crippen LogP contribution is 2.18. The first-order valence-electron chi connectivity index (χ1n) is 10.2. The van der Waals surface area contributed by atoms with E-state index in [0.29, 0.717) is 24.3 Å². The molecule has 0 aromatic carbocycles. The molecule has 0 saturated carbocycles. The predicted molar refractivity (Wildman–Crippen MR) is 112 cm³/mol. The maximum absolute atomic E-state index is 13.1. The second-order valence-electron chi connectivity index (χ2n) is 7.24. The molecule has 1 saturated heterocycles. The number of rotatable bonds is 6. The molecule has 4 rings (SSSR count). The first kappa shape index (κ1) is 19.3. The average Bonchev–Trinajstić information content (AvgIpc) is 3.21. The lowest BCUT2D eigenvalue weighted by atomic mass is 10.2. The molecule has 3 aromatic rings. The van der Waals surface area contributed by atoms with Crippen LogP contribution in [0.4, 0.5) is 5.69 Å². The molecule has 4 heterocycles. The third kappa shape index (κ3) is 4.07. The van der Waals surface area contributed by atoms with Gasteiger partial charge in [0, 0.05) is 56.9 Å². The first-order valence-corrected chi connectivity index (χ1v) is 10.2. The Balaban J connectivity index is 1.45. The fourth-order valence-corrected chi connectivity index (χ4v) is 3.73. The number of carbonyl (C=O) groups excluding carboxylic acids is 1. The number of hydrogen-bond donors (Lipinski definition) is 0. The molecule has 1 amide bonds. The molecule has 1 aliphatic heterocycles. The van der Waals surface area contributed by atoms with E-state index in [1.54, 1.807) is 16.9 Å². The van der Waals surface area contributed by atoms with E-state index in [1.165, 1.54) is 0 Å². The number of amides is 1. The Bertz CT molecular complexity index is 960. The fraction of sp³-hybridized carbons (Fsp3) is 0.429. The van der Waals surface area contributed by atoms with E-state index < -0.39 is 0 Å². The third-order valence-corrected chi connectivity index (χ3v) is 5.52. The maximum Gasteiger partial charge on any atom is 0.259 e. The molecular weight excluding hydrogens is 366 g/mol. The molecular formula is C21H27N7O. The molecule has 0 N–H and O–H groups in total. The van der Waals surface area contributed by atoms with Gasteiger partial charge < -0.3 is 9.80 Å². The Morgan fingerprint density at radius 3 is 2.59 bits per heavy atom. The zero-order chi connectivity index (χ0) is 20.2. The van der Waals surface area contributed by atoms with Crippen molar-refractivity contribution in [3.63, 3.8) is 0 Å². The lowest BCUT2D eigenvalue weighted by Crippen LogP contribution is -2.48. The summed E-state index contributed by atoms with van der Waals surface area (Å²) in [5.74, 6) is -0.00479. The highest BCUT2D eigenvalue weighted by molar-refractivity contribution is 5.99. The van der Waals surface area contributed by atoms with Crippen molar-refractivity contribution in [1.82, 2.24) is 29.4 Å². The molecule has 0 unspecified atom stereocenters. The van der Waals surface area contributed by atoms with E-state index in [0.717, 1.165) is 44.0 Å². The highest BCUT2D eigenvalue weighted by atomic mass is 16.2. The SMILES string of the molecule is CCN(CC)Cc1cnc2c(C(=O)N3CCN(c4cccnc4)CC3)cnn2c1. The van der Waals surface area contributed by atoms with Crippen molar-refractivity contribution in [3.05, 3.63) is 54.2 Å². The van der Waals surface area contributed by atoms with Crippen LogP contribution in [-0.2, 0) is 6.54 Å². The molecule has 0 atom stereocenters. The number of carbonyl (C=O) groups is 1. The van der Waals surface area contributed by atoms with Gasteiger partial charge in [-0.15, -0.1) is 0 Å². The van der Waals surface area contributed by atoms with Crippen LogP contribution < -0.4 is 4.90 Å². The van der Waals surface area contributed by atoms with E-state index >= 15 is 0 Å². The van der Waals surface area contributed by atoms with E-state index in [4.69, 9.17) is 0 Å². The van der Waals surface area contributed by atoms with Crippen LogP contribution in [0.15, 0.2) is 43.1 Å². The molecule has 0 bridgehead atoms. The second kappa shape index (κ2) is 8.57. The second-order valence-corrected chi connectivity index (χ2v) is 7.24. The third-order valence-electron chi connectivity index (χ3n) is 5.52. The molecule has 29 heavy (non-hydrogen) atoms. The van der Waals surface area contributed by atoms with E-state index in [-0.39, 0.29) is 5.91 Å². The van der Waals surface area contributed by atoms with Crippen molar-refractivity contribution >= 4 is 17.2 Å². The monoisotopic (exact) mass is 393 g/mol. The smallest absolute Gasteiger partial charge is 0.259 e. The summed E-state index contributed by atoms with van der Waals surface area (Å²) in [5.41, 5.74) is 3.37. The topological polar surface area (TPSA) is 69.9 Å². The van der Waals surface area contributed by atoms with Gasteiger partial charge in [-0.1, -0.05) is 13.8 Å². The van der Waals surface area contributed by atoms with Gasteiger partial charge in [-0.2, -0.15) is 5.10 Å². The summed E-state index contributed by atoms with van der Waals surface area (Å²) in [6, 6.07) is 3.99. The normalized spacial score (nSPS) is 14.7. The van der Waals surface area contributed by atoms with E-state index in [1.807, 2.05) is 29.6 Å². The van der Waals surface area contributed by atoms with Crippen LogP contribution in [0.3, 0.4) is 0 Å². The summed E-state index contributed by atoms with van der Waals surface area (Å²) in [4.78, 5) is 28.3. The largest absolute Gasteiger partial charge is 0.367 e. The standard InChI is InChI=1S/C21H27N7O/c1-3-25(4-2)15-17-12-23-20-19(14-24-28(20)16-17)21(29)27-10-8-26(9-11-27)18-6-5-7-22-13-18/h5-7,12-14,16H,3-4,8-11,15H2,1-2H3. The Labute approximate surface area is 170 Å². The molecule has 0 aliphatic carbocycles. The zero-order valence-corrected chi connectivity index (χ0v) is 17.0. The zero-order valence-electron chi connectivity index (χ0n) is 17.0. The Morgan fingerprint density at radius 2 is 1.90 bits per heavy atom. The molecule has 0 radical (unpaired) electrons. The summed E-state index contributed by atoms with van der Waals surface area (Å²) in [6.07, 6.45) is 9.10. The van der Waals surface area contributed by atoms with Crippen molar-refractivity contribution in [3.8, 4) is 0 Å². The molecule has 8 nitrogen and oxygen atoms in total. The van der Waals surface area contributed by atoms with Crippen LogP contribution in [0.5, 0.6) is 0 Å². The number of anilines is 1. The van der Waals surface area contributed by atoms with Gasteiger partial charge in [-0.05, 0) is 25.2 Å². The minimum absolute atomic E-state index is 0.00479. The van der Waals surface area contributed by atoms with Crippen molar-refractivity contribution in [2.75, 3.05) is 44.2 Å². The molecule has 1 fully saturated rings. The van der Waals surface area contributed by atoms with Crippen molar-refractivity contribution in [2.24, 2.45) is 0 Å². The molecule has 152 valence electrons. The first-order chi connectivity index (χ1) is 14.2. The maximum atomic E-state index is 13.1. The Morgan fingerprint density at radius 1 is 1.10 bits per heavy atom. The number of hydrogen-bond acceptors (Lipinski definition) is 6. The summed E-state index contributed by atoms with van der Waals surface area (Å²) in [5, 5.41) is 4.39. The van der Waals surface area contributed by atoms with Gasteiger partial charge in [-0.3, -0.25) is 14.7 Å². The van der Waals surface area contributed by atoms with Crippen molar-refractivity contribution in [1.29, 1.82) is 0 Å². The summed E-state index contributed by atoms with van der Waals surface area (Å²) >= 11 is 0. The van der Waals surface area contributed by atoms with Crippen LogP contribution in [0, 0.1) is 0 Å².